The van der Waals surface area contributed by atoms with E-state index < -0.39 is 17.3 Å². The minimum Gasteiger partial charge on any atom is -0.388 e. The van der Waals surface area contributed by atoms with Crippen LogP contribution in [0.1, 0.15) is 26.7 Å². The lowest BCUT2D eigenvalue weighted by Gasteiger charge is -2.37. The Kier molecular flexibility index (Phi) is 3.15. The molecule has 5 heteroatoms. The second kappa shape index (κ2) is 4.42. The summed E-state index contributed by atoms with van der Waals surface area (Å²) in [6.07, 6.45) is 1.70. The second-order valence-electron chi connectivity index (χ2n) is 5.93. The van der Waals surface area contributed by atoms with Gasteiger partial charge in [0.1, 0.15) is 23.4 Å². The number of hydrogen-bond donors (Lipinski definition) is 2. The molecule has 0 radical (unpaired) electrons. The predicted octanol–water partition coefficient (Wildman–Crippen LogP) is 0.0623. The van der Waals surface area contributed by atoms with Crippen molar-refractivity contribution in [1.82, 2.24) is 5.32 Å². The van der Waals surface area contributed by atoms with E-state index in [2.05, 4.69) is 5.32 Å². The van der Waals surface area contributed by atoms with Crippen molar-refractivity contribution in [2.75, 3.05) is 26.3 Å². The maximum atomic E-state index is 10.0. The summed E-state index contributed by atoms with van der Waals surface area (Å²) in [4.78, 5) is 0. The average Bonchev–Trinajstić information content (AvgIpc) is 2.76. The molecule has 3 rings (SSSR count). The second-order valence-corrected chi connectivity index (χ2v) is 5.93. The molecule has 0 bridgehead atoms. The predicted molar refractivity (Wildman–Crippen MR) is 65.5 cm³/mol. The first kappa shape index (κ1) is 12.8. The third kappa shape index (κ3) is 1.72. The van der Waals surface area contributed by atoms with Gasteiger partial charge in [0.2, 0.25) is 0 Å². The van der Waals surface area contributed by atoms with Crippen LogP contribution in [0.2, 0.25) is 0 Å². The van der Waals surface area contributed by atoms with Crippen molar-refractivity contribution in [2.24, 2.45) is 0 Å². The number of ether oxygens (including phenoxy) is 3. The highest BCUT2D eigenvalue weighted by molar-refractivity contribution is 5.14. The Balaban J connectivity index is 1.71. The number of aliphatic hydroxyl groups is 1. The normalized spacial score (nSPS) is 49.5. The van der Waals surface area contributed by atoms with Crippen LogP contribution in [-0.4, -0.2) is 60.9 Å². The first-order valence-electron chi connectivity index (χ1n) is 6.88. The van der Waals surface area contributed by atoms with Gasteiger partial charge in [-0.25, -0.2) is 0 Å². The molecule has 104 valence electrons. The summed E-state index contributed by atoms with van der Waals surface area (Å²) in [5.74, 6) is 0. The SMILES string of the molecule is C[C@]12OC[C@H](OC3CCNCC3)[C@@]1(C)OC[C@H]2O. The maximum Gasteiger partial charge on any atom is 0.125 e. The van der Waals surface area contributed by atoms with Gasteiger partial charge in [-0.15, -0.1) is 0 Å². The van der Waals surface area contributed by atoms with E-state index in [-0.39, 0.29) is 12.2 Å². The molecule has 3 aliphatic heterocycles. The number of rotatable bonds is 2. The van der Waals surface area contributed by atoms with E-state index in [0.29, 0.717) is 13.2 Å². The third-order valence-corrected chi connectivity index (χ3v) is 4.95. The fraction of sp³-hybridized carbons (Fsp3) is 1.00. The number of piperidine rings is 1. The molecular weight excluding hydrogens is 234 g/mol. The molecule has 0 spiro atoms. The van der Waals surface area contributed by atoms with Gasteiger partial charge in [-0.2, -0.15) is 0 Å². The molecule has 5 nitrogen and oxygen atoms in total. The van der Waals surface area contributed by atoms with Gasteiger partial charge < -0.3 is 24.6 Å². The van der Waals surface area contributed by atoms with Crippen LogP contribution in [0.3, 0.4) is 0 Å². The lowest BCUT2D eigenvalue weighted by molar-refractivity contribution is -0.136. The van der Waals surface area contributed by atoms with Gasteiger partial charge in [-0.1, -0.05) is 0 Å². The molecule has 18 heavy (non-hydrogen) atoms. The van der Waals surface area contributed by atoms with Gasteiger partial charge in [0.15, 0.2) is 0 Å². The summed E-state index contributed by atoms with van der Waals surface area (Å²) in [6, 6.07) is 0. The van der Waals surface area contributed by atoms with Gasteiger partial charge in [-0.3, -0.25) is 0 Å². The van der Waals surface area contributed by atoms with E-state index in [1.54, 1.807) is 0 Å². The van der Waals surface area contributed by atoms with Gasteiger partial charge >= 0.3 is 0 Å². The quantitative estimate of drug-likeness (QED) is 0.732. The van der Waals surface area contributed by atoms with Crippen LogP contribution in [0, 0.1) is 0 Å². The minimum absolute atomic E-state index is 0.0808. The number of aliphatic hydroxyl groups excluding tert-OH is 1. The summed E-state index contributed by atoms with van der Waals surface area (Å²) in [5.41, 5.74) is -1.16. The third-order valence-electron chi connectivity index (χ3n) is 4.95. The number of hydrogen-bond acceptors (Lipinski definition) is 5. The molecule has 4 atom stereocenters. The van der Waals surface area contributed by atoms with Crippen molar-refractivity contribution in [3.05, 3.63) is 0 Å². The molecule has 0 aromatic rings. The molecule has 3 aliphatic rings. The Hall–Kier alpha value is -0.200. The van der Waals surface area contributed by atoms with Crippen molar-refractivity contribution in [2.45, 2.75) is 56.2 Å². The van der Waals surface area contributed by atoms with Gasteiger partial charge in [-0.05, 0) is 39.8 Å². The summed E-state index contributed by atoms with van der Waals surface area (Å²) in [5, 5.41) is 13.4. The highest BCUT2D eigenvalue weighted by atomic mass is 16.6. The van der Waals surface area contributed by atoms with E-state index in [4.69, 9.17) is 14.2 Å². The highest BCUT2D eigenvalue weighted by Gasteiger charge is 2.66. The minimum atomic E-state index is -0.634. The molecule has 2 N–H and O–H groups in total. The van der Waals surface area contributed by atoms with E-state index in [9.17, 15) is 5.11 Å². The van der Waals surface area contributed by atoms with E-state index in [0.717, 1.165) is 25.9 Å². The Morgan fingerprint density at radius 1 is 1.11 bits per heavy atom. The van der Waals surface area contributed by atoms with Gasteiger partial charge in [0.05, 0.1) is 19.3 Å². The monoisotopic (exact) mass is 257 g/mol. The number of nitrogens with one attached hydrogen (secondary N) is 1. The Labute approximate surface area is 108 Å². The van der Waals surface area contributed by atoms with Crippen LogP contribution in [-0.2, 0) is 14.2 Å². The van der Waals surface area contributed by atoms with Crippen molar-refractivity contribution in [3.63, 3.8) is 0 Å². The van der Waals surface area contributed by atoms with Crippen molar-refractivity contribution in [1.29, 1.82) is 0 Å². The summed E-state index contributed by atoms with van der Waals surface area (Å²) in [6.45, 7) is 6.79. The Morgan fingerprint density at radius 3 is 2.50 bits per heavy atom. The zero-order valence-electron chi connectivity index (χ0n) is 11.1. The van der Waals surface area contributed by atoms with Crippen LogP contribution in [0.15, 0.2) is 0 Å². The molecule has 3 saturated heterocycles. The van der Waals surface area contributed by atoms with Gasteiger partial charge in [0.25, 0.3) is 0 Å². The summed E-state index contributed by atoms with van der Waals surface area (Å²) in [7, 11) is 0. The molecule has 0 amide bonds. The Bertz CT molecular complexity index is 320. The summed E-state index contributed by atoms with van der Waals surface area (Å²) < 4.78 is 17.8. The van der Waals surface area contributed by atoms with E-state index >= 15 is 0 Å². The largest absolute Gasteiger partial charge is 0.388 e. The molecular formula is C13H23NO4. The maximum absolute atomic E-state index is 10.0. The van der Waals surface area contributed by atoms with Crippen LogP contribution in [0.25, 0.3) is 0 Å². The first-order chi connectivity index (χ1) is 8.56. The molecule has 3 heterocycles. The van der Waals surface area contributed by atoms with Crippen molar-refractivity contribution in [3.8, 4) is 0 Å². The molecule has 3 fully saturated rings. The fourth-order valence-electron chi connectivity index (χ4n) is 3.28. The zero-order chi connectivity index (χ0) is 12.8. The van der Waals surface area contributed by atoms with Crippen LogP contribution in [0.4, 0.5) is 0 Å². The fourth-order valence-corrected chi connectivity index (χ4v) is 3.28. The van der Waals surface area contributed by atoms with Crippen molar-refractivity contribution >= 4 is 0 Å². The zero-order valence-corrected chi connectivity index (χ0v) is 11.1. The smallest absolute Gasteiger partial charge is 0.125 e. The number of fused-ring (bicyclic) bond motifs is 1. The van der Waals surface area contributed by atoms with Crippen LogP contribution < -0.4 is 5.32 Å². The molecule has 0 aromatic carbocycles. The highest BCUT2D eigenvalue weighted by Crippen LogP contribution is 2.47. The van der Waals surface area contributed by atoms with Crippen LogP contribution in [0.5, 0.6) is 0 Å². The Morgan fingerprint density at radius 2 is 1.78 bits per heavy atom. The lowest BCUT2D eigenvalue weighted by Crippen LogP contribution is -2.54. The molecule has 0 aliphatic carbocycles. The topological polar surface area (TPSA) is 60.0 Å². The van der Waals surface area contributed by atoms with Crippen molar-refractivity contribution < 1.29 is 19.3 Å². The standard InChI is InChI=1S/C13H23NO4/c1-12-10(15)7-16-13(12,2)11(8-17-12)18-9-3-5-14-6-4-9/h9-11,14-15H,3-8H2,1-2H3/t10-,11+,12-,13-/m1/s1. The van der Waals surface area contributed by atoms with E-state index in [1.165, 1.54) is 0 Å². The lowest BCUT2D eigenvalue weighted by atomic mass is 9.82. The first-order valence-corrected chi connectivity index (χ1v) is 6.88. The summed E-state index contributed by atoms with van der Waals surface area (Å²) >= 11 is 0. The van der Waals surface area contributed by atoms with Crippen LogP contribution >= 0.6 is 0 Å². The van der Waals surface area contributed by atoms with Gasteiger partial charge in [0, 0.05) is 0 Å². The molecule has 0 aromatic heterocycles. The average molecular weight is 257 g/mol. The van der Waals surface area contributed by atoms with E-state index in [1.807, 2.05) is 13.8 Å². The molecule has 0 unspecified atom stereocenters. The molecule has 0 saturated carbocycles.